The highest BCUT2D eigenvalue weighted by atomic mass is 32.2. The van der Waals surface area contributed by atoms with Crippen molar-refractivity contribution in [2.75, 3.05) is 0 Å². The van der Waals surface area contributed by atoms with E-state index in [0.29, 0.717) is 15.9 Å². The van der Waals surface area contributed by atoms with Crippen LogP contribution in [0.25, 0.3) is 21.8 Å². The topological polar surface area (TPSA) is 39.1 Å². The molecule has 4 heteroatoms. The van der Waals surface area contributed by atoms with Crippen LogP contribution in [0.5, 0.6) is 0 Å². The Balaban J connectivity index is 2.16. The molecule has 0 N–H and O–H groups in total. The van der Waals surface area contributed by atoms with Gasteiger partial charge in [-0.1, -0.05) is 48.5 Å². The van der Waals surface area contributed by atoms with E-state index in [1.54, 1.807) is 18.2 Å². The molecule has 0 saturated heterocycles. The minimum Gasteiger partial charge on any atom is -0.233 e. The number of aromatic nitrogens is 1. The first-order valence-electron chi connectivity index (χ1n) is 7.39. The standard InChI is InChI=1S/C19H15NO2S/c1-14-7-6-8-15(13-14)23(21,22)20-18-11-4-2-9-16(18)17-10-3-5-12-19(17)20/h2-13H,1H3. The molecule has 1 heterocycles. The van der Waals surface area contributed by atoms with Crippen molar-refractivity contribution in [2.24, 2.45) is 0 Å². The predicted molar refractivity (Wildman–Crippen MR) is 93.2 cm³/mol. The highest BCUT2D eigenvalue weighted by Gasteiger charge is 2.22. The van der Waals surface area contributed by atoms with Gasteiger partial charge >= 0.3 is 0 Å². The summed E-state index contributed by atoms with van der Waals surface area (Å²) >= 11 is 0. The minimum atomic E-state index is -3.65. The summed E-state index contributed by atoms with van der Waals surface area (Å²) in [5.74, 6) is 0. The predicted octanol–water partition coefficient (Wildman–Crippen LogP) is 4.34. The molecule has 0 radical (unpaired) electrons. The van der Waals surface area contributed by atoms with E-state index >= 15 is 0 Å². The van der Waals surface area contributed by atoms with Crippen LogP contribution >= 0.6 is 0 Å². The molecule has 114 valence electrons. The molecule has 3 aromatic carbocycles. The number of benzene rings is 3. The lowest BCUT2D eigenvalue weighted by molar-refractivity contribution is 0.590. The number of hydrogen-bond donors (Lipinski definition) is 0. The maximum atomic E-state index is 13.2. The Morgan fingerprint density at radius 3 is 1.87 bits per heavy atom. The zero-order valence-corrected chi connectivity index (χ0v) is 13.4. The third-order valence-corrected chi connectivity index (χ3v) is 5.79. The lowest BCUT2D eigenvalue weighted by Crippen LogP contribution is -2.12. The first-order valence-corrected chi connectivity index (χ1v) is 8.83. The van der Waals surface area contributed by atoms with Crippen LogP contribution in [-0.2, 0) is 10.0 Å². The van der Waals surface area contributed by atoms with Crippen molar-refractivity contribution in [3.05, 3.63) is 78.4 Å². The summed E-state index contributed by atoms with van der Waals surface area (Å²) in [5.41, 5.74) is 2.33. The van der Waals surface area contributed by atoms with Crippen LogP contribution in [0.2, 0.25) is 0 Å². The van der Waals surface area contributed by atoms with Gasteiger partial charge in [0.1, 0.15) is 0 Å². The molecule has 0 aliphatic carbocycles. The molecular formula is C19H15NO2S. The first-order chi connectivity index (χ1) is 11.1. The number of aryl methyl sites for hydroxylation is 1. The maximum absolute atomic E-state index is 13.2. The number of rotatable bonds is 2. The van der Waals surface area contributed by atoms with Crippen LogP contribution in [0, 0.1) is 6.92 Å². The maximum Gasteiger partial charge on any atom is 0.268 e. The fourth-order valence-corrected chi connectivity index (χ4v) is 4.66. The van der Waals surface area contributed by atoms with Gasteiger partial charge in [-0.05, 0) is 36.8 Å². The summed E-state index contributed by atoms with van der Waals surface area (Å²) in [6, 6.07) is 22.2. The molecule has 0 amide bonds. The van der Waals surface area contributed by atoms with Gasteiger partial charge in [0.2, 0.25) is 0 Å². The van der Waals surface area contributed by atoms with Gasteiger partial charge < -0.3 is 0 Å². The van der Waals surface area contributed by atoms with Crippen molar-refractivity contribution in [3.8, 4) is 0 Å². The zero-order chi connectivity index (χ0) is 16.0. The van der Waals surface area contributed by atoms with Crippen LogP contribution < -0.4 is 0 Å². The molecule has 0 unspecified atom stereocenters. The van der Waals surface area contributed by atoms with E-state index in [0.717, 1.165) is 16.3 Å². The third kappa shape index (κ3) is 2.06. The van der Waals surface area contributed by atoms with Gasteiger partial charge in [0, 0.05) is 10.8 Å². The molecule has 0 aliphatic heterocycles. The highest BCUT2D eigenvalue weighted by molar-refractivity contribution is 7.90. The summed E-state index contributed by atoms with van der Waals surface area (Å²) < 4.78 is 27.9. The third-order valence-electron chi connectivity index (χ3n) is 4.06. The van der Waals surface area contributed by atoms with Crippen LogP contribution in [0.15, 0.2) is 77.7 Å². The average molecular weight is 321 g/mol. The Bertz CT molecular complexity index is 1090. The Labute approximate surface area is 134 Å². The van der Waals surface area contributed by atoms with Crippen LogP contribution in [0.4, 0.5) is 0 Å². The van der Waals surface area contributed by atoms with Crippen molar-refractivity contribution in [2.45, 2.75) is 11.8 Å². The summed E-state index contributed by atoms with van der Waals surface area (Å²) in [6.07, 6.45) is 0. The van der Waals surface area contributed by atoms with Gasteiger partial charge in [-0.2, -0.15) is 0 Å². The average Bonchev–Trinajstić information content (AvgIpc) is 2.90. The fraction of sp³-hybridized carbons (Fsp3) is 0.0526. The molecule has 0 atom stereocenters. The molecule has 23 heavy (non-hydrogen) atoms. The van der Waals surface area contributed by atoms with Gasteiger partial charge in [-0.25, -0.2) is 12.4 Å². The Morgan fingerprint density at radius 2 is 1.30 bits per heavy atom. The van der Waals surface area contributed by atoms with Gasteiger partial charge in [0.05, 0.1) is 15.9 Å². The highest BCUT2D eigenvalue weighted by Crippen LogP contribution is 2.32. The Kier molecular flexibility index (Phi) is 3.03. The molecule has 0 aliphatic rings. The molecule has 3 nitrogen and oxygen atoms in total. The lowest BCUT2D eigenvalue weighted by atomic mass is 10.2. The van der Waals surface area contributed by atoms with E-state index in [1.807, 2.05) is 61.5 Å². The van der Waals surface area contributed by atoms with Crippen LogP contribution in [0.1, 0.15) is 5.56 Å². The van der Waals surface area contributed by atoms with E-state index in [-0.39, 0.29) is 0 Å². The van der Waals surface area contributed by atoms with Crippen LogP contribution in [-0.4, -0.2) is 12.4 Å². The number of nitrogens with zero attached hydrogens (tertiary/aromatic N) is 1. The second-order valence-corrected chi connectivity index (χ2v) is 7.41. The largest absolute Gasteiger partial charge is 0.268 e. The van der Waals surface area contributed by atoms with E-state index in [4.69, 9.17) is 0 Å². The monoisotopic (exact) mass is 321 g/mol. The SMILES string of the molecule is Cc1cccc(S(=O)(=O)n2c3ccccc3c3ccccc32)c1. The first kappa shape index (κ1) is 14.0. The zero-order valence-electron chi connectivity index (χ0n) is 12.6. The van der Waals surface area contributed by atoms with Crippen molar-refractivity contribution < 1.29 is 8.42 Å². The van der Waals surface area contributed by atoms with Crippen molar-refractivity contribution in [1.29, 1.82) is 0 Å². The molecular weight excluding hydrogens is 306 g/mol. The number of fused-ring (bicyclic) bond motifs is 3. The van der Waals surface area contributed by atoms with Crippen molar-refractivity contribution >= 4 is 31.8 Å². The minimum absolute atomic E-state index is 0.309. The van der Waals surface area contributed by atoms with E-state index in [2.05, 4.69) is 0 Å². The van der Waals surface area contributed by atoms with Gasteiger partial charge in [0.15, 0.2) is 0 Å². The second-order valence-electron chi connectivity index (χ2n) is 5.62. The normalized spacial score (nSPS) is 12.0. The van der Waals surface area contributed by atoms with Gasteiger partial charge in [-0.15, -0.1) is 0 Å². The van der Waals surface area contributed by atoms with Gasteiger partial charge in [0.25, 0.3) is 10.0 Å². The molecule has 1 aromatic heterocycles. The molecule has 0 spiro atoms. The molecule has 0 fully saturated rings. The molecule has 4 aromatic rings. The Hall–Kier alpha value is -2.59. The summed E-state index contributed by atoms with van der Waals surface area (Å²) in [7, 11) is -3.65. The van der Waals surface area contributed by atoms with E-state index in [1.165, 1.54) is 3.97 Å². The summed E-state index contributed by atoms with van der Waals surface area (Å²) in [4.78, 5) is 0.309. The fourth-order valence-electron chi connectivity index (χ4n) is 3.03. The van der Waals surface area contributed by atoms with Crippen molar-refractivity contribution in [3.63, 3.8) is 0 Å². The van der Waals surface area contributed by atoms with E-state index in [9.17, 15) is 8.42 Å². The number of para-hydroxylation sites is 2. The lowest BCUT2D eigenvalue weighted by Gasteiger charge is -2.09. The molecule has 4 rings (SSSR count). The van der Waals surface area contributed by atoms with Crippen LogP contribution in [0.3, 0.4) is 0 Å². The van der Waals surface area contributed by atoms with Gasteiger partial charge in [-0.3, -0.25) is 0 Å². The second kappa shape index (κ2) is 4.96. The summed E-state index contributed by atoms with van der Waals surface area (Å²) in [5, 5.41) is 1.89. The quantitative estimate of drug-likeness (QED) is 0.551. The number of hydrogen-bond acceptors (Lipinski definition) is 2. The summed E-state index contributed by atoms with van der Waals surface area (Å²) in [6.45, 7) is 1.89. The molecule has 0 bridgehead atoms. The van der Waals surface area contributed by atoms with Crippen molar-refractivity contribution in [1.82, 2.24) is 3.97 Å². The molecule has 0 saturated carbocycles. The smallest absolute Gasteiger partial charge is 0.233 e. The van der Waals surface area contributed by atoms with E-state index < -0.39 is 10.0 Å². The Morgan fingerprint density at radius 1 is 0.739 bits per heavy atom.